The monoisotopic (exact) mass is 514 g/mol. The van der Waals surface area contributed by atoms with Crippen LogP contribution in [0.25, 0.3) is 0 Å². The molecule has 0 radical (unpaired) electrons. The molecule has 0 saturated carbocycles. The minimum absolute atomic E-state index is 0. The number of rotatable bonds is 5. The Kier molecular flexibility index (Phi) is 8.58. The fourth-order valence-electron chi connectivity index (χ4n) is 4.54. The summed E-state index contributed by atoms with van der Waals surface area (Å²) in [5, 5.41) is 3.51. The van der Waals surface area contributed by atoms with E-state index in [1.807, 2.05) is 0 Å². The van der Waals surface area contributed by atoms with Gasteiger partial charge in [-0.25, -0.2) is 4.99 Å². The lowest BCUT2D eigenvalue weighted by Gasteiger charge is -2.27. The van der Waals surface area contributed by atoms with Gasteiger partial charge in [0.2, 0.25) is 0 Å². The molecule has 3 aliphatic heterocycles. The maximum Gasteiger partial charge on any atom is 0.194 e. The Balaban J connectivity index is 0.00000240. The van der Waals surface area contributed by atoms with Crippen LogP contribution in [0.3, 0.4) is 0 Å². The molecule has 1 unspecified atom stereocenters. The predicted octanol–water partition coefficient (Wildman–Crippen LogP) is 2.71. The zero-order valence-corrected chi connectivity index (χ0v) is 19.9. The Morgan fingerprint density at radius 2 is 1.86 bits per heavy atom. The molecule has 3 heterocycles. The van der Waals surface area contributed by atoms with Crippen molar-refractivity contribution in [3.05, 3.63) is 35.4 Å². The molecule has 3 aliphatic rings. The van der Waals surface area contributed by atoms with E-state index in [2.05, 4.69) is 46.3 Å². The highest BCUT2D eigenvalue weighted by atomic mass is 127. The highest BCUT2D eigenvalue weighted by molar-refractivity contribution is 14.0. The second-order valence-corrected chi connectivity index (χ2v) is 8.30. The van der Waals surface area contributed by atoms with Crippen molar-refractivity contribution in [2.45, 2.75) is 32.9 Å². The van der Waals surface area contributed by atoms with E-state index < -0.39 is 0 Å². The van der Waals surface area contributed by atoms with E-state index in [-0.39, 0.29) is 24.0 Å². The lowest BCUT2D eigenvalue weighted by atomic mass is 9.87. The summed E-state index contributed by atoms with van der Waals surface area (Å²) < 4.78 is 11.2. The van der Waals surface area contributed by atoms with Gasteiger partial charge in [0.15, 0.2) is 5.96 Å². The van der Waals surface area contributed by atoms with Gasteiger partial charge >= 0.3 is 0 Å². The quantitative estimate of drug-likeness (QED) is 0.372. The van der Waals surface area contributed by atoms with Crippen LogP contribution < -0.4 is 5.32 Å². The molecule has 7 heteroatoms. The van der Waals surface area contributed by atoms with Gasteiger partial charge in [-0.2, -0.15) is 0 Å². The molecule has 6 nitrogen and oxygen atoms in total. The van der Waals surface area contributed by atoms with Crippen LogP contribution in [0.2, 0.25) is 0 Å². The van der Waals surface area contributed by atoms with E-state index >= 15 is 0 Å². The summed E-state index contributed by atoms with van der Waals surface area (Å²) in [6.45, 7) is 12.4. The third kappa shape index (κ3) is 5.83. The first-order chi connectivity index (χ1) is 13.8. The van der Waals surface area contributed by atoms with Crippen LogP contribution >= 0.6 is 24.0 Å². The molecule has 29 heavy (non-hydrogen) atoms. The molecule has 0 bridgehead atoms. The van der Waals surface area contributed by atoms with Crippen molar-refractivity contribution in [1.82, 2.24) is 15.1 Å². The molecule has 3 saturated heterocycles. The van der Waals surface area contributed by atoms with Gasteiger partial charge in [-0.1, -0.05) is 24.3 Å². The van der Waals surface area contributed by atoms with E-state index in [0.29, 0.717) is 5.41 Å². The lowest BCUT2D eigenvalue weighted by Crippen LogP contribution is -2.41. The highest BCUT2D eigenvalue weighted by Crippen LogP contribution is 2.38. The Morgan fingerprint density at radius 3 is 2.59 bits per heavy atom. The number of benzene rings is 1. The van der Waals surface area contributed by atoms with E-state index in [9.17, 15) is 0 Å². The minimum atomic E-state index is 0. The summed E-state index contributed by atoms with van der Waals surface area (Å²) in [5.74, 6) is 1.05. The number of nitrogens with zero attached hydrogens (tertiary/aromatic N) is 3. The van der Waals surface area contributed by atoms with Gasteiger partial charge in [0.1, 0.15) is 0 Å². The number of nitrogens with one attached hydrogen (secondary N) is 1. The van der Waals surface area contributed by atoms with Gasteiger partial charge in [-0.05, 0) is 30.9 Å². The van der Waals surface area contributed by atoms with Crippen LogP contribution in [-0.2, 0) is 22.6 Å². The van der Waals surface area contributed by atoms with Crippen LogP contribution in [0, 0.1) is 5.41 Å². The zero-order valence-electron chi connectivity index (χ0n) is 17.6. The van der Waals surface area contributed by atoms with Crippen LogP contribution in [0.15, 0.2) is 29.3 Å². The summed E-state index contributed by atoms with van der Waals surface area (Å²) in [6, 6.07) is 8.73. The Bertz CT molecular complexity index is 673. The van der Waals surface area contributed by atoms with E-state index in [0.717, 1.165) is 78.2 Å². The largest absolute Gasteiger partial charge is 0.381 e. The first-order valence-corrected chi connectivity index (χ1v) is 10.8. The Labute approximate surface area is 192 Å². The molecule has 1 aromatic carbocycles. The van der Waals surface area contributed by atoms with E-state index in [4.69, 9.17) is 14.5 Å². The number of morpholine rings is 1. The summed E-state index contributed by atoms with van der Waals surface area (Å²) in [4.78, 5) is 9.93. The van der Waals surface area contributed by atoms with Crippen molar-refractivity contribution >= 4 is 29.9 Å². The van der Waals surface area contributed by atoms with Gasteiger partial charge in [0, 0.05) is 51.3 Å². The first-order valence-electron chi connectivity index (χ1n) is 10.8. The number of ether oxygens (including phenoxy) is 2. The van der Waals surface area contributed by atoms with Gasteiger partial charge in [0.25, 0.3) is 0 Å². The molecule has 4 rings (SSSR count). The number of likely N-dealkylation sites (tertiary alicyclic amines) is 1. The van der Waals surface area contributed by atoms with Gasteiger partial charge in [-0.15, -0.1) is 24.0 Å². The average molecular weight is 514 g/mol. The fourth-order valence-corrected chi connectivity index (χ4v) is 4.54. The molecule has 1 aromatic rings. The SMILES string of the molecule is CCNC(=NCc1ccccc1CN1CCOCC1)N1CCC2(CCOC2)C1.I. The Hall–Kier alpha value is -0.900. The maximum absolute atomic E-state index is 5.69. The molecule has 0 aromatic heterocycles. The standard InChI is InChI=1S/C22H34N4O2.HI/c1-2-23-21(26-9-7-22(17-26)8-12-28-18-22)24-15-19-5-3-4-6-20(19)16-25-10-13-27-14-11-25;/h3-6H,2,7-18H2,1H3,(H,23,24);1H. The Morgan fingerprint density at radius 1 is 1.07 bits per heavy atom. The van der Waals surface area contributed by atoms with Gasteiger partial charge in [0.05, 0.1) is 26.4 Å². The van der Waals surface area contributed by atoms with Gasteiger partial charge in [-0.3, -0.25) is 4.90 Å². The average Bonchev–Trinajstić information content (AvgIpc) is 3.37. The second kappa shape index (κ2) is 10.9. The lowest BCUT2D eigenvalue weighted by molar-refractivity contribution is 0.0341. The van der Waals surface area contributed by atoms with Crippen molar-refractivity contribution in [3.63, 3.8) is 0 Å². The summed E-state index contributed by atoms with van der Waals surface area (Å²) in [7, 11) is 0. The first kappa shape index (κ1) is 22.8. The van der Waals surface area contributed by atoms with Crippen LogP contribution in [0.1, 0.15) is 30.9 Å². The predicted molar refractivity (Wildman–Crippen MR) is 127 cm³/mol. The van der Waals surface area contributed by atoms with Crippen molar-refractivity contribution in [3.8, 4) is 0 Å². The minimum Gasteiger partial charge on any atom is -0.381 e. The maximum atomic E-state index is 5.69. The van der Waals surface area contributed by atoms with Crippen molar-refractivity contribution in [1.29, 1.82) is 0 Å². The summed E-state index contributed by atoms with van der Waals surface area (Å²) in [6.07, 6.45) is 2.40. The number of guanidine groups is 1. The molecular weight excluding hydrogens is 479 g/mol. The summed E-state index contributed by atoms with van der Waals surface area (Å²) in [5.41, 5.74) is 3.05. The van der Waals surface area contributed by atoms with E-state index in [1.165, 1.54) is 24.0 Å². The van der Waals surface area contributed by atoms with Crippen molar-refractivity contribution in [2.24, 2.45) is 10.4 Å². The normalized spacial score (nSPS) is 25.4. The van der Waals surface area contributed by atoms with Crippen molar-refractivity contribution in [2.75, 3.05) is 59.2 Å². The summed E-state index contributed by atoms with van der Waals surface area (Å²) >= 11 is 0. The molecular formula is C22H35IN4O2. The molecule has 1 spiro atoms. The number of aliphatic imine (C=N–C) groups is 1. The molecule has 1 N–H and O–H groups in total. The number of halogens is 1. The number of hydrogen-bond acceptors (Lipinski definition) is 4. The highest BCUT2D eigenvalue weighted by Gasteiger charge is 2.42. The second-order valence-electron chi connectivity index (χ2n) is 8.30. The van der Waals surface area contributed by atoms with E-state index in [1.54, 1.807) is 0 Å². The topological polar surface area (TPSA) is 49.3 Å². The van der Waals surface area contributed by atoms with Gasteiger partial charge < -0.3 is 19.7 Å². The molecule has 1 atom stereocenters. The van der Waals surface area contributed by atoms with Crippen LogP contribution in [0.4, 0.5) is 0 Å². The number of hydrogen-bond donors (Lipinski definition) is 1. The van der Waals surface area contributed by atoms with Crippen LogP contribution in [-0.4, -0.2) is 74.9 Å². The molecule has 3 fully saturated rings. The molecule has 0 aliphatic carbocycles. The van der Waals surface area contributed by atoms with Crippen molar-refractivity contribution < 1.29 is 9.47 Å². The third-order valence-electron chi connectivity index (χ3n) is 6.27. The zero-order chi connectivity index (χ0) is 19.2. The fraction of sp³-hybridized carbons (Fsp3) is 0.682. The molecule has 0 amide bonds. The smallest absolute Gasteiger partial charge is 0.194 e. The third-order valence-corrected chi connectivity index (χ3v) is 6.27. The van der Waals surface area contributed by atoms with Crippen LogP contribution in [0.5, 0.6) is 0 Å². The molecule has 162 valence electrons.